The Morgan fingerprint density at radius 1 is 1.06 bits per heavy atom. The van der Waals surface area contributed by atoms with Gasteiger partial charge in [-0.3, -0.25) is 19.1 Å². The molecule has 0 aliphatic carbocycles. The standard InChI is InChI=1S/C22H21ClN6O3/c1-2-28(12-17-25-16-10-14(23)8-9-15(16)20(30)26-17)18-19(24)29(22(32)27-21(18)31)11-13-6-4-3-5-7-13/h3-10H,2,11-12,24H2,1H3,(H,25,26,30)(H,27,31,32). The Balaban J connectivity index is 1.75. The fourth-order valence-corrected chi connectivity index (χ4v) is 3.74. The summed E-state index contributed by atoms with van der Waals surface area (Å²) in [5.41, 5.74) is 6.23. The van der Waals surface area contributed by atoms with Gasteiger partial charge in [-0.2, -0.15) is 0 Å². The summed E-state index contributed by atoms with van der Waals surface area (Å²) >= 11 is 6.04. The summed E-state index contributed by atoms with van der Waals surface area (Å²) in [5.74, 6) is 0.377. The molecule has 4 N–H and O–H groups in total. The number of nitrogens with two attached hydrogens (primary N) is 1. The van der Waals surface area contributed by atoms with Crippen LogP contribution in [0.25, 0.3) is 10.9 Å². The third-order valence-corrected chi connectivity index (χ3v) is 5.39. The number of rotatable bonds is 6. The number of hydrogen-bond donors (Lipinski definition) is 3. The molecule has 0 radical (unpaired) electrons. The summed E-state index contributed by atoms with van der Waals surface area (Å²) in [6.45, 7) is 2.52. The molecule has 0 amide bonds. The van der Waals surface area contributed by atoms with Gasteiger partial charge in [0.05, 0.1) is 24.0 Å². The lowest BCUT2D eigenvalue weighted by Gasteiger charge is -2.24. The maximum atomic E-state index is 12.7. The van der Waals surface area contributed by atoms with Crippen LogP contribution in [-0.2, 0) is 13.1 Å². The largest absolute Gasteiger partial charge is 0.383 e. The number of benzene rings is 2. The summed E-state index contributed by atoms with van der Waals surface area (Å²) in [7, 11) is 0. The number of nitrogens with zero attached hydrogens (tertiary/aromatic N) is 3. The van der Waals surface area contributed by atoms with Crippen molar-refractivity contribution in [2.45, 2.75) is 20.0 Å². The van der Waals surface area contributed by atoms with E-state index >= 15 is 0 Å². The van der Waals surface area contributed by atoms with E-state index in [-0.39, 0.29) is 30.2 Å². The van der Waals surface area contributed by atoms with E-state index in [1.54, 1.807) is 23.1 Å². The number of aromatic nitrogens is 4. The van der Waals surface area contributed by atoms with Crippen molar-refractivity contribution in [2.24, 2.45) is 0 Å². The highest BCUT2D eigenvalue weighted by Crippen LogP contribution is 2.20. The lowest BCUT2D eigenvalue weighted by molar-refractivity contribution is 0.711. The van der Waals surface area contributed by atoms with Crippen LogP contribution in [0.3, 0.4) is 0 Å². The van der Waals surface area contributed by atoms with E-state index in [9.17, 15) is 14.4 Å². The number of anilines is 2. The van der Waals surface area contributed by atoms with Gasteiger partial charge < -0.3 is 15.6 Å². The summed E-state index contributed by atoms with van der Waals surface area (Å²) in [6, 6.07) is 14.1. The van der Waals surface area contributed by atoms with Crippen molar-refractivity contribution < 1.29 is 0 Å². The molecule has 164 valence electrons. The SMILES string of the molecule is CCN(Cc1nc2cc(Cl)ccc2c(=O)[nH]1)c1c(N)n(Cc2ccccc2)c(=O)[nH]c1=O. The number of nitrogens with one attached hydrogen (secondary N) is 2. The van der Waals surface area contributed by atoms with Crippen molar-refractivity contribution in [3.63, 3.8) is 0 Å². The molecule has 10 heteroatoms. The zero-order chi connectivity index (χ0) is 22.8. The Morgan fingerprint density at radius 3 is 2.53 bits per heavy atom. The highest BCUT2D eigenvalue weighted by atomic mass is 35.5. The van der Waals surface area contributed by atoms with Gasteiger partial charge in [0, 0.05) is 11.6 Å². The van der Waals surface area contributed by atoms with Crippen LogP contribution in [0.4, 0.5) is 11.5 Å². The van der Waals surface area contributed by atoms with Crippen LogP contribution in [0.5, 0.6) is 0 Å². The zero-order valence-electron chi connectivity index (χ0n) is 17.3. The van der Waals surface area contributed by atoms with E-state index in [4.69, 9.17) is 17.3 Å². The zero-order valence-corrected chi connectivity index (χ0v) is 18.0. The Hall–Kier alpha value is -3.85. The molecule has 0 fully saturated rings. The molecule has 0 saturated carbocycles. The average Bonchev–Trinajstić information content (AvgIpc) is 2.76. The van der Waals surface area contributed by atoms with Gasteiger partial charge in [-0.25, -0.2) is 9.78 Å². The molecule has 2 heterocycles. The van der Waals surface area contributed by atoms with E-state index in [2.05, 4.69) is 15.0 Å². The molecule has 0 bridgehead atoms. The second kappa shape index (κ2) is 8.72. The smallest absolute Gasteiger partial charge is 0.330 e. The molecule has 2 aromatic heterocycles. The minimum absolute atomic E-state index is 0.0376. The second-order valence-corrected chi connectivity index (χ2v) is 7.69. The van der Waals surface area contributed by atoms with Crippen LogP contribution in [0.2, 0.25) is 5.02 Å². The Kier molecular flexibility index (Phi) is 5.83. The fraction of sp³-hybridized carbons (Fsp3) is 0.182. The Morgan fingerprint density at radius 2 is 1.81 bits per heavy atom. The van der Waals surface area contributed by atoms with Gasteiger partial charge in [-0.15, -0.1) is 0 Å². The van der Waals surface area contributed by atoms with E-state index in [0.29, 0.717) is 28.3 Å². The highest BCUT2D eigenvalue weighted by Gasteiger charge is 2.19. The third kappa shape index (κ3) is 4.15. The molecule has 9 nitrogen and oxygen atoms in total. The second-order valence-electron chi connectivity index (χ2n) is 7.25. The van der Waals surface area contributed by atoms with Gasteiger partial charge in [0.1, 0.15) is 17.3 Å². The molecule has 0 aliphatic heterocycles. The van der Waals surface area contributed by atoms with Gasteiger partial charge in [0.15, 0.2) is 0 Å². The minimum atomic E-state index is -0.607. The monoisotopic (exact) mass is 452 g/mol. The van der Waals surface area contributed by atoms with E-state index < -0.39 is 11.2 Å². The quantitative estimate of drug-likeness (QED) is 0.410. The van der Waals surface area contributed by atoms with Crippen molar-refractivity contribution >= 4 is 34.0 Å². The molecule has 4 aromatic rings. The fourth-order valence-electron chi connectivity index (χ4n) is 3.57. The third-order valence-electron chi connectivity index (χ3n) is 5.15. The predicted octanol–water partition coefficient (Wildman–Crippen LogP) is 2.08. The van der Waals surface area contributed by atoms with Gasteiger partial charge in [0.2, 0.25) is 0 Å². The summed E-state index contributed by atoms with van der Waals surface area (Å²) in [4.78, 5) is 48.8. The van der Waals surface area contributed by atoms with Crippen molar-refractivity contribution in [3.8, 4) is 0 Å². The molecular weight excluding hydrogens is 432 g/mol. The van der Waals surface area contributed by atoms with Crippen LogP contribution >= 0.6 is 11.6 Å². The van der Waals surface area contributed by atoms with Crippen LogP contribution in [-0.4, -0.2) is 26.1 Å². The van der Waals surface area contributed by atoms with Gasteiger partial charge in [-0.1, -0.05) is 41.9 Å². The van der Waals surface area contributed by atoms with E-state index in [0.717, 1.165) is 5.56 Å². The van der Waals surface area contributed by atoms with Crippen LogP contribution in [0, 0.1) is 0 Å². The molecule has 0 aliphatic rings. The van der Waals surface area contributed by atoms with Crippen LogP contribution < -0.4 is 27.4 Å². The van der Waals surface area contributed by atoms with Crippen molar-refractivity contribution in [1.29, 1.82) is 0 Å². The first kappa shape index (κ1) is 21.4. The highest BCUT2D eigenvalue weighted by molar-refractivity contribution is 6.31. The average molecular weight is 453 g/mol. The van der Waals surface area contributed by atoms with Crippen LogP contribution in [0.1, 0.15) is 18.3 Å². The Bertz CT molecular complexity index is 1460. The minimum Gasteiger partial charge on any atom is -0.383 e. The first-order chi connectivity index (χ1) is 15.4. The van der Waals surface area contributed by atoms with E-state index in [1.165, 1.54) is 4.57 Å². The summed E-state index contributed by atoms with van der Waals surface area (Å²) < 4.78 is 1.31. The number of fused-ring (bicyclic) bond motifs is 1. The van der Waals surface area contributed by atoms with E-state index in [1.807, 2.05) is 37.3 Å². The van der Waals surface area contributed by atoms with Crippen molar-refractivity contribution in [1.82, 2.24) is 19.5 Å². The summed E-state index contributed by atoms with van der Waals surface area (Å²) in [5, 5.41) is 0.873. The predicted molar refractivity (Wildman–Crippen MR) is 125 cm³/mol. The van der Waals surface area contributed by atoms with Gasteiger partial charge in [-0.05, 0) is 30.7 Å². The lowest BCUT2D eigenvalue weighted by Crippen LogP contribution is -2.38. The molecule has 0 spiro atoms. The molecule has 0 atom stereocenters. The number of nitrogen functional groups attached to an aromatic ring is 1. The normalized spacial score (nSPS) is 11.1. The maximum Gasteiger partial charge on any atom is 0.330 e. The maximum absolute atomic E-state index is 12.7. The van der Waals surface area contributed by atoms with Crippen molar-refractivity contribution in [3.05, 3.63) is 96.1 Å². The topological polar surface area (TPSA) is 130 Å². The molecule has 0 unspecified atom stereocenters. The number of halogens is 1. The van der Waals surface area contributed by atoms with Gasteiger partial charge >= 0.3 is 5.69 Å². The number of H-pyrrole nitrogens is 2. The van der Waals surface area contributed by atoms with Gasteiger partial charge in [0.25, 0.3) is 11.1 Å². The first-order valence-electron chi connectivity index (χ1n) is 9.97. The first-order valence-corrected chi connectivity index (χ1v) is 10.3. The Labute approximate surface area is 187 Å². The molecule has 4 rings (SSSR count). The number of hydrogen-bond acceptors (Lipinski definition) is 6. The van der Waals surface area contributed by atoms with Crippen molar-refractivity contribution in [2.75, 3.05) is 17.2 Å². The molecule has 32 heavy (non-hydrogen) atoms. The molecule has 0 saturated heterocycles. The molecular formula is C22H21ClN6O3. The summed E-state index contributed by atoms with van der Waals surface area (Å²) in [6.07, 6.45) is 0. The number of aromatic amines is 2. The molecule has 2 aromatic carbocycles. The van der Waals surface area contributed by atoms with Crippen LogP contribution in [0.15, 0.2) is 62.9 Å². The lowest BCUT2D eigenvalue weighted by atomic mass is 10.2.